The van der Waals surface area contributed by atoms with Gasteiger partial charge in [-0.2, -0.15) is 0 Å². The number of rotatable bonds is 7. The van der Waals surface area contributed by atoms with Crippen LogP contribution >= 0.6 is 0 Å². The van der Waals surface area contributed by atoms with Gasteiger partial charge >= 0.3 is 11.9 Å². The molecule has 0 amide bonds. The van der Waals surface area contributed by atoms with Gasteiger partial charge in [0.05, 0.1) is 12.5 Å². The highest BCUT2D eigenvalue weighted by atomic mass is 16.5. The molecule has 0 radical (unpaired) electrons. The van der Waals surface area contributed by atoms with Crippen LogP contribution < -0.4 is 0 Å². The summed E-state index contributed by atoms with van der Waals surface area (Å²) in [6.45, 7) is 4.14. The van der Waals surface area contributed by atoms with Gasteiger partial charge in [-0.1, -0.05) is 20.3 Å². The molecule has 0 aliphatic carbocycles. The second-order valence-corrected chi connectivity index (χ2v) is 3.35. The molecule has 0 fully saturated rings. The molecule has 0 saturated carbocycles. The van der Waals surface area contributed by atoms with Crippen LogP contribution in [-0.4, -0.2) is 23.7 Å². The molecule has 4 heteroatoms. The first-order chi connectivity index (χ1) is 6.57. The smallest absolute Gasteiger partial charge is 0.308 e. The Balaban J connectivity index is 3.59. The largest absolute Gasteiger partial charge is 0.481 e. The fourth-order valence-electron chi connectivity index (χ4n) is 0.917. The Bertz CT molecular complexity index is 189. The second kappa shape index (κ2) is 7.35. The summed E-state index contributed by atoms with van der Waals surface area (Å²) in [7, 11) is 0. The average molecular weight is 202 g/mol. The van der Waals surface area contributed by atoms with Crippen molar-refractivity contribution >= 4 is 11.9 Å². The average Bonchev–Trinajstić information content (AvgIpc) is 2.14. The predicted octanol–water partition coefficient (Wildman–Crippen LogP) is 1.83. The van der Waals surface area contributed by atoms with Crippen LogP contribution in [0.4, 0.5) is 0 Å². The molecule has 1 N–H and O–H groups in total. The van der Waals surface area contributed by atoms with Gasteiger partial charge < -0.3 is 9.84 Å². The van der Waals surface area contributed by atoms with Crippen molar-refractivity contribution in [3.05, 3.63) is 0 Å². The lowest BCUT2D eigenvalue weighted by atomic mass is 10.1. The lowest BCUT2D eigenvalue weighted by Crippen LogP contribution is -2.16. The summed E-state index contributed by atoms with van der Waals surface area (Å²) in [5.41, 5.74) is 0. The Morgan fingerprint density at radius 3 is 2.57 bits per heavy atom. The number of unbranched alkanes of at least 4 members (excludes halogenated alkanes) is 1. The first-order valence-electron chi connectivity index (χ1n) is 4.96. The molecule has 0 heterocycles. The molecule has 82 valence electrons. The van der Waals surface area contributed by atoms with Gasteiger partial charge in [-0.3, -0.25) is 9.59 Å². The van der Waals surface area contributed by atoms with E-state index in [1.807, 2.05) is 6.92 Å². The highest BCUT2D eigenvalue weighted by Gasteiger charge is 2.15. The molecule has 0 aromatic carbocycles. The van der Waals surface area contributed by atoms with Crippen LogP contribution in [0.2, 0.25) is 0 Å². The predicted molar refractivity (Wildman–Crippen MR) is 51.9 cm³/mol. The fraction of sp³-hybridized carbons (Fsp3) is 0.800. The third-order valence-corrected chi connectivity index (χ3v) is 1.94. The van der Waals surface area contributed by atoms with E-state index in [0.717, 1.165) is 12.8 Å². The van der Waals surface area contributed by atoms with E-state index in [9.17, 15) is 9.59 Å². The van der Waals surface area contributed by atoms with Gasteiger partial charge in [0.15, 0.2) is 0 Å². The Morgan fingerprint density at radius 1 is 1.43 bits per heavy atom. The van der Waals surface area contributed by atoms with E-state index < -0.39 is 5.97 Å². The number of carboxylic acid groups (broad SMARTS) is 1. The van der Waals surface area contributed by atoms with Crippen LogP contribution in [-0.2, 0) is 14.3 Å². The molecule has 0 aliphatic heterocycles. The minimum Gasteiger partial charge on any atom is -0.481 e. The summed E-state index contributed by atoms with van der Waals surface area (Å²) in [4.78, 5) is 21.4. The molecule has 0 bridgehead atoms. The van der Waals surface area contributed by atoms with Crippen molar-refractivity contribution < 1.29 is 19.4 Å². The van der Waals surface area contributed by atoms with E-state index in [4.69, 9.17) is 9.84 Å². The molecule has 0 aliphatic rings. The maximum absolute atomic E-state index is 11.2. The molecule has 4 nitrogen and oxygen atoms in total. The van der Waals surface area contributed by atoms with Crippen LogP contribution in [0.5, 0.6) is 0 Å². The SMILES string of the molecule is CCCCOC(=O)[C@@H](C)CCC(=O)O. The molecule has 0 rings (SSSR count). The summed E-state index contributed by atoms with van der Waals surface area (Å²) in [5.74, 6) is -1.49. The van der Waals surface area contributed by atoms with E-state index in [-0.39, 0.29) is 18.3 Å². The van der Waals surface area contributed by atoms with Crippen LogP contribution in [0, 0.1) is 5.92 Å². The standard InChI is InChI=1S/C10H18O4/c1-3-4-7-14-10(13)8(2)5-6-9(11)12/h8H,3-7H2,1-2H3,(H,11,12)/t8-/m0/s1. The van der Waals surface area contributed by atoms with E-state index >= 15 is 0 Å². The minimum absolute atomic E-state index is 0.0179. The zero-order chi connectivity index (χ0) is 11.0. The fourth-order valence-corrected chi connectivity index (χ4v) is 0.917. The number of aliphatic carboxylic acids is 1. The van der Waals surface area contributed by atoms with Crippen molar-refractivity contribution in [2.24, 2.45) is 5.92 Å². The molecule has 14 heavy (non-hydrogen) atoms. The minimum atomic E-state index is -0.877. The monoisotopic (exact) mass is 202 g/mol. The van der Waals surface area contributed by atoms with Crippen molar-refractivity contribution in [2.45, 2.75) is 39.5 Å². The normalized spacial score (nSPS) is 12.1. The number of esters is 1. The van der Waals surface area contributed by atoms with E-state index in [0.29, 0.717) is 13.0 Å². The van der Waals surface area contributed by atoms with E-state index in [1.165, 1.54) is 0 Å². The van der Waals surface area contributed by atoms with Gasteiger partial charge in [0, 0.05) is 6.42 Å². The number of carboxylic acids is 1. The highest BCUT2D eigenvalue weighted by Crippen LogP contribution is 2.08. The maximum atomic E-state index is 11.2. The van der Waals surface area contributed by atoms with Crippen molar-refractivity contribution in [1.29, 1.82) is 0 Å². The molecule has 1 atom stereocenters. The van der Waals surface area contributed by atoms with Crippen molar-refractivity contribution in [3.8, 4) is 0 Å². The van der Waals surface area contributed by atoms with Crippen molar-refractivity contribution in [3.63, 3.8) is 0 Å². The van der Waals surface area contributed by atoms with Gasteiger partial charge in [0.1, 0.15) is 0 Å². The molecule has 0 spiro atoms. The van der Waals surface area contributed by atoms with Crippen molar-refractivity contribution in [1.82, 2.24) is 0 Å². The van der Waals surface area contributed by atoms with E-state index in [1.54, 1.807) is 6.92 Å². The first-order valence-corrected chi connectivity index (χ1v) is 4.96. The summed E-state index contributed by atoms with van der Waals surface area (Å²) < 4.78 is 4.94. The Morgan fingerprint density at radius 2 is 2.07 bits per heavy atom. The number of carbonyl (C=O) groups is 2. The number of hydrogen-bond acceptors (Lipinski definition) is 3. The lowest BCUT2D eigenvalue weighted by Gasteiger charge is -2.09. The van der Waals surface area contributed by atoms with Gasteiger partial charge in [-0.15, -0.1) is 0 Å². The first kappa shape index (κ1) is 12.9. The quantitative estimate of drug-likeness (QED) is 0.505. The number of ether oxygens (including phenoxy) is 1. The van der Waals surface area contributed by atoms with Crippen LogP contribution in [0.1, 0.15) is 39.5 Å². The van der Waals surface area contributed by atoms with Crippen LogP contribution in [0.25, 0.3) is 0 Å². The topological polar surface area (TPSA) is 63.6 Å². The summed E-state index contributed by atoms with van der Waals surface area (Å²) >= 11 is 0. The third-order valence-electron chi connectivity index (χ3n) is 1.94. The van der Waals surface area contributed by atoms with Gasteiger partial charge in [0.25, 0.3) is 0 Å². The second-order valence-electron chi connectivity index (χ2n) is 3.35. The highest BCUT2D eigenvalue weighted by molar-refractivity contribution is 5.73. The van der Waals surface area contributed by atoms with Crippen molar-refractivity contribution in [2.75, 3.05) is 6.61 Å². The Labute approximate surface area is 84.3 Å². The molecular weight excluding hydrogens is 184 g/mol. The summed E-state index contributed by atoms with van der Waals surface area (Å²) in [5, 5.41) is 8.41. The lowest BCUT2D eigenvalue weighted by molar-refractivity contribution is -0.148. The number of carbonyl (C=O) groups excluding carboxylic acids is 1. The maximum Gasteiger partial charge on any atom is 0.308 e. The molecule has 0 aromatic heterocycles. The third kappa shape index (κ3) is 6.46. The van der Waals surface area contributed by atoms with E-state index in [2.05, 4.69) is 0 Å². The zero-order valence-corrected chi connectivity index (χ0v) is 8.78. The van der Waals surface area contributed by atoms with Gasteiger partial charge in [-0.05, 0) is 12.8 Å². The molecular formula is C10H18O4. The van der Waals surface area contributed by atoms with Crippen LogP contribution in [0.15, 0.2) is 0 Å². The Hall–Kier alpha value is -1.06. The molecule has 0 aromatic rings. The van der Waals surface area contributed by atoms with Gasteiger partial charge in [-0.25, -0.2) is 0 Å². The zero-order valence-electron chi connectivity index (χ0n) is 8.78. The molecule has 0 saturated heterocycles. The summed E-state index contributed by atoms with van der Waals surface area (Å²) in [6.07, 6.45) is 2.21. The molecule has 0 unspecified atom stereocenters. The van der Waals surface area contributed by atoms with Crippen LogP contribution in [0.3, 0.4) is 0 Å². The van der Waals surface area contributed by atoms with Gasteiger partial charge in [0.2, 0.25) is 0 Å². The summed E-state index contributed by atoms with van der Waals surface area (Å²) in [6, 6.07) is 0. The number of hydrogen-bond donors (Lipinski definition) is 1. The Kier molecular flexibility index (Phi) is 6.80.